The molecule has 5 aromatic rings. The molecule has 1 amide bonds. The predicted molar refractivity (Wildman–Crippen MR) is 145 cm³/mol. The Morgan fingerprint density at radius 1 is 0.889 bits per heavy atom. The van der Waals surface area contributed by atoms with E-state index in [4.69, 9.17) is 4.74 Å². The molecule has 2 N–H and O–H groups in total. The normalized spacial score (nSPS) is 10.8. The van der Waals surface area contributed by atoms with Gasteiger partial charge in [-0.25, -0.2) is 0 Å². The maximum atomic E-state index is 12.8. The molecule has 1 heterocycles. The Bertz CT molecular complexity index is 1460. The number of nitrogens with one attached hydrogen (secondary N) is 2. The Morgan fingerprint density at radius 3 is 2.44 bits per heavy atom. The molecule has 0 bridgehead atoms. The summed E-state index contributed by atoms with van der Waals surface area (Å²) in [5.74, 6) is 1.65. The van der Waals surface area contributed by atoms with E-state index in [1.54, 1.807) is 7.11 Å². The summed E-state index contributed by atoms with van der Waals surface area (Å²) < 4.78 is 7.21. The van der Waals surface area contributed by atoms with Gasteiger partial charge in [0.15, 0.2) is 11.0 Å². The summed E-state index contributed by atoms with van der Waals surface area (Å²) in [6, 6.07) is 31.5. The highest BCUT2D eigenvalue weighted by Gasteiger charge is 2.16. The van der Waals surface area contributed by atoms with Crippen molar-refractivity contribution in [2.75, 3.05) is 23.5 Å². The van der Waals surface area contributed by atoms with Crippen LogP contribution in [0, 0.1) is 0 Å². The van der Waals surface area contributed by atoms with Gasteiger partial charge in [-0.15, -0.1) is 10.2 Å². The van der Waals surface area contributed by atoms with Crippen LogP contribution >= 0.6 is 11.8 Å². The van der Waals surface area contributed by atoms with Crippen molar-refractivity contribution in [1.29, 1.82) is 0 Å². The monoisotopic (exact) mass is 495 g/mol. The van der Waals surface area contributed by atoms with Gasteiger partial charge >= 0.3 is 0 Å². The number of rotatable bonds is 9. The SMILES string of the molecule is COc1ccc(NCc2nnc(SCC(=O)Nc3cccc4ccccc34)n2-c2ccccc2)cc1. The van der Waals surface area contributed by atoms with Gasteiger partial charge in [0.25, 0.3) is 0 Å². The lowest BCUT2D eigenvalue weighted by atomic mass is 10.1. The van der Waals surface area contributed by atoms with E-state index in [-0.39, 0.29) is 11.7 Å². The zero-order chi connectivity index (χ0) is 24.7. The zero-order valence-electron chi connectivity index (χ0n) is 19.7. The fourth-order valence-electron chi connectivity index (χ4n) is 3.89. The number of anilines is 2. The molecular formula is C28H25N5O2S. The summed E-state index contributed by atoms with van der Waals surface area (Å²) >= 11 is 1.36. The second kappa shape index (κ2) is 11.0. The highest BCUT2D eigenvalue weighted by molar-refractivity contribution is 7.99. The lowest BCUT2D eigenvalue weighted by Crippen LogP contribution is -2.15. The van der Waals surface area contributed by atoms with Crippen molar-refractivity contribution in [3.8, 4) is 11.4 Å². The summed E-state index contributed by atoms with van der Waals surface area (Å²) in [5.41, 5.74) is 2.68. The highest BCUT2D eigenvalue weighted by Crippen LogP contribution is 2.26. The summed E-state index contributed by atoms with van der Waals surface area (Å²) in [6.07, 6.45) is 0. The number of hydrogen-bond acceptors (Lipinski definition) is 6. The van der Waals surface area contributed by atoms with Crippen LogP contribution < -0.4 is 15.4 Å². The molecule has 1 aromatic heterocycles. The van der Waals surface area contributed by atoms with Gasteiger partial charge in [-0.3, -0.25) is 9.36 Å². The Labute approximate surface area is 213 Å². The average molecular weight is 496 g/mol. The van der Waals surface area contributed by atoms with Crippen molar-refractivity contribution in [3.05, 3.63) is 103 Å². The number of amides is 1. The van der Waals surface area contributed by atoms with E-state index in [2.05, 4.69) is 20.8 Å². The molecule has 180 valence electrons. The minimum absolute atomic E-state index is 0.100. The van der Waals surface area contributed by atoms with Gasteiger partial charge in [-0.2, -0.15) is 0 Å². The molecule has 7 nitrogen and oxygen atoms in total. The van der Waals surface area contributed by atoms with Gasteiger partial charge in [0.2, 0.25) is 5.91 Å². The molecule has 4 aromatic carbocycles. The van der Waals surface area contributed by atoms with Crippen LogP contribution in [0.15, 0.2) is 102 Å². The Balaban J connectivity index is 1.31. The first-order valence-electron chi connectivity index (χ1n) is 11.5. The summed E-state index contributed by atoms with van der Waals surface area (Å²) in [4.78, 5) is 12.8. The molecule has 0 radical (unpaired) electrons. The van der Waals surface area contributed by atoms with Gasteiger partial charge in [-0.05, 0) is 47.9 Å². The number of thioether (sulfide) groups is 1. The molecule has 0 aliphatic rings. The number of carbonyl (C=O) groups excluding carboxylic acids is 1. The zero-order valence-corrected chi connectivity index (χ0v) is 20.5. The first-order chi connectivity index (χ1) is 17.7. The van der Waals surface area contributed by atoms with Gasteiger partial charge in [0.1, 0.15) is 5.75 Å². The van der Waals surface area contributed by atoms with Gasteiger partial charge in [-0.1, -0.05) is 66.4 Å². The summed E-state index contributed by atoms with van der Waals surface area (Å²) in [5, 5.41) is 18.0. The lowest BCUT2D eigenvalue weighted by molar-refractivity contribution is -0.113. The fraction of sp³-hybridized carbons (Fsp3) is 0.107. The molecule has 0 spiro atoms. The predicted octanol–water partition coefficient (Wildman–Crippen LogP) is 5.77. The number of carbonyl (C=O) groups is 1. The van der Waals surface area contributed by atoms with Crippen molar-refractivity contribution in [3.63, 3.8) is 0 Å². The van der Waals surface area contributed by atoms with Crippen molar-refractivity contribution < 1.29 is 9.53 Å². The molecule has 0 aliphatic heterocycles. The smallest absolute Gasteiger partial charge is 0.234 e. The van der Waals surface area contributed by atoms with E-state index in [0.717, 1.165) is 39.4 Å². The average Bonchev–Trinajstić information content (AvgIpc) is 3.34. The number of aromatic nitrogens is 3. The van der Waals surface area contributed by atoms with Gasteiger partial charge < -0.3 is 15.4 Å². The van der Waals surface area contributed by atoms with E-state index in [1.807, 2.05) is 102 Å². The maximum Gasteiger partial charge on any atom is 0.234 e. The number of nitrogens with zero attached hydrogens (tertiary/aromatic N) is 3. The number of hydrogen-bond donors (Lipinski definition) is 2. The third-order valence-corrected chi connectivity index (χ3v) is 6.58. The van der Waals surface area contributed by atoms with Crippen LogP contribution in [0.3, 0.4) is 0 Å². The van der Waals surface area contributed by atoms with Crippen LogP contribution in [0.2, 0.25) is 0 Å². The third kappa shape index (κ3) is 5.34. The largest absolute Gasteiger partial charge is 0.497 e. The van der Waals surface area contributed by atoms with Crippen LogP contribution in [0.4, 0.5) is 11.4 Å². The van der Waals surface area contributed by atoms with Crippen LogP contribution in [0.1, 0.15) is 5.82 Å². The number of methoxy groups -OCH3 is 1. The van der Waals surface area contributed by atoms with E-state index < -0.39 is 0 Å². The van der Waals surface area contributed by atoms with Crippen LogP contribution in [-0.4, -0.2) is 33.5 Å². The molecule has 0 aliphatic carbocycles. The first kappa shape index (κ1) is 23.4. The molecule has 0 atom stereocenters. The van der Waals surface area contributed by atoms with Crippen molar-refractivity contribution in [2.24, 2.45) is 0 Å². The second-order valence-electron chi connectivity index (χ2n) is 8.02. The maximum absolute atomic E-state index is 12.8. The molecule has 0 saturated heterocycles. The highest BCUT2D eigenvalue weighted by atomic mass is 32.2. The van der Waals surface area contributed by atoms with Gasteiger partial charge in [0.05, 0.1) is 19.4 Å². The lowest BCUT2D eigenvalue weighted by Gasteiger charge is -2.12. The summed E-state index contributed by atoms with van der Waals surface area (Å²) in [6.45, 7) is 0.469. The first-order valence-corrected chi connectivity index (χ1v) is 12.5. The number of benzene rings is 4. The van der Waals surface area contributed by atoms with Crippen molar-refractivity contribution in [2.45, 2.75) is 11.7 Å². The molecular weight excluding hydrogens is 470 g/mol. The Kier molecular flexibility index (Phi) is 7.14. The van der Waals surface area contributed by atoms with E-state index in [0.29, 0.717) is 11.7 Å². The Morgan fingerprint density at radius 2 is 1.64 bits per heavy atom. The Hall–Kier alpha value is -4.30. The molecule has 0 fully saturated rings. The molecule has 5 rings (SSSR count). The quantitative estimate of drug-likeness (QED) is 0.253. The molecule has 0 saturated carbocycles. The molecule has 0 unspecified atom stereocenters. The fourth-order valence-corrected chi connectivity index (χ4v) is 4.66. The number of fused-ring (bicyclic) bond motifs is 1. The van der Waals surface area contributed by atoms with Crippen molar-refractivity contribution in [1.82, 2.24) is 14.8 Å². The third-order valence-electron chi connectivity index (χ3n) is 5.65. The molecule has 8 heteroatoms. The standard InChI is InChI=1S/C28H25N5O2S/c1-35-23-16-14-21(15-17-23)29-18-26-31-32-28(33(26)22-10-3-2-4-11-22)36-19-27(34)30-25-13-7-9-20-8-5-6-12-24(20)25/h2-17,29H,18-19H2,1H3,(H,30,34). The number of ether oxygens (including phenoxy) is 1. The molecule has 36 heavy (non-hydrogen) atoms. The van der Waals surface area contributed by atoms with E-state index in [1.165, 1.54) is 11.8 Å². The van der Waals surface area contributed by atoms with E-state index in [9.17, 15) is 4.79 Å². The minimum atomic E-state index is -0.100. The number of para-hydroxylation sites is 1. The topological polar surface area (TPSA) is 81.1 Å². The minimum Gasteiger partial charge on any atom is -0.497 e. The summed E-state index contributed by atoms with van der Waals surface area (Å²) in [7, 11) is 1.65. The second-order valence-corrected chi connectivity index (χ2v) is 8.96. The van der Waals surface area contributed by atoms with Crippen molar-refractivity contribution >= 4 is 39.8 Å². The van der Waals surface area contributed by atoms with Crippen LogP contribution in [-0.2, 0) is 11.3 Å². The van der Waals surface area contributed by atoms with Crippen LogP contribution in [0.5, 0.6) is 5.75 Å². The van der Waals surface area contributed by atoms with Gasteiger partial charge in [0, 0.05) is 22.4 Å². The van der Waals surface area contributed by atoms with Crippen LogP contribution in [0.25, 0.3) is 16.5 Å². The van der Waals surface area contributed by atoms with E-state index >= 15 is 0 Å².